The van der Waals surface area contributed by atoms with E-state index in [4.69, 9.17) is 19.3 Å². The first-order chi connectivity index (χ1) is 8.12. The molecule has 0 saturated heterocycles. The van der Waals surface area contributed by atoms with E-state index in [1.165, 1.54) is 14.2 Å². The average molecular weight is 242 g/mol. The highest BCUT2D eigenvalue weighted by Crippen LogP contribution is 2.38. The minimum Gasteiger partial charge on any atom is -0.493 e. The zero-order valence-electron chi connectivity index (χ0n) is 10.3. The fraction of sp³-hybridized carbons (Fsp3) is 0.500. The van der Waals surface area contributed by atoms with Crippen LogP contribution in [-0.2, 0) is 6.61 Å². The molecule has 96 valence electrons. The summed E-state index contributed by atoms with van der Waals surface area (Å²) in [5.74, 6) is 1.36. The van der Waals surface area contributed by atoms with Crippen molar-refractivity contribution in [3.8, 4) is 17.2 Å². The summed E-state index contributed by atoms with van der Waals surface area (Å²) in [6.07, 6.45) is -0.582. The maximum Gasteiger partial charge on any atom is 0.203 e. The fourth-order valence-electron chi connectivity index (χ4n) is 1.37. The molecule has 0 aliphatic rings. The van der Waals surface area contributed by atoms with Gasteiger partial charge in [-0.2, -0.15) is 0 Å². The van der Waals surface area contributed by atoms with Crippen LogP contribution in [0.25, 0.3) is 0 Å². The van der Waals surface area contributed by atoms with Gasteiger partial charge in [0.25, 0.3) is 0 Å². The second kappa shape index (κ2) is 6.32. The highest BCUT2D eigenvalue weighted by molar-refractivity contribution is 5.53. The van der Waals surface area contributed by atoms with Gasteiger partial charge in [0, 0.05) is 0 Å². The molecule has 5 heteroatoms. The van der Waals surface area contributed by atoms with E-state index < -0.39 is 6.10 Å². The van der Waals surface area contributed by atoms with Crippen molar-refractivity contribution in [2.75, 3.05) is 20.8 Å². The van der Waals surface area contributed by atoms with Crippen LogP contribution in [0.3, 0.4) is 0 Å². The van der Waals surface area contributed by atoms with Crippen LogP contribution < -0.4 is 14.2 Å². The zero-order valence-corrected chi connectivity index (χ0v) is 10.3. The summed E-state index contributed by atoms with van der Waals surface area (Å²) < 4.78 is 15.8. The van der Waals surface area contributed by atoms with Crippen LogP contribution in [0.2, 0.25) is 0 Å². The van der Waals surface area contributed by atoms with Crippen LogP contribution in [-0.4, -0.2) is 37.1 Å². The monoisotopic (exact) mass is 242 g/mol. The van der Waals surface area contributed by atoms with Gasteiger partial charge in [0.05, 0.1) is 26.9 Å². The molecule has 0 amide bonds. The van der Waals surface area contributed by atoms with Gasteiger partial charge in [0.15, 0.2) is 11.5 Å². The molecule has 1 unspecified atom stereocenters. The molecule has 0 spiro atoms. The summed E-state index contributed by atoms with van der Waals surface area (Å²) in [7, 11) is 3.01. The first kappa shape index (κ1) is 13.6. The lowest BCUT2D eigenvalue weighted by Crippen LogP contribution is -2.13. The van der Waals surface area contributed by atoms with Crippen molar-refractivity contribution in [3.63, 3.8) is 0 Å². The highest BCUT2D eigenvalue weighted by Gasteiger charge is 2.14. The van der Waals surface area contributed by atoms with Gasteiger partial charge in [0.2, 0.25) is 5.75 Å². The zero-order chi connectivity index (χ0) is 12.8. The SMILES string of the molecule is COc1cc(CO)cc(OC)c1OCC(C)O. The summed E-state index contributed by atoms with van der Waals surface area (Å²) in [6.45, 7) is 1.66. The Bertz CT molecular complexity index is 337. The molecule has 1 aromatic carbocycles. The van der Waals surface area contributed by atoms with Crippen LogP contribution in [0.5, 0.6) is 17.2 Å². The van der Waals surface area contributed by atoms with E-state index in [-0.39, 0.29) is 13.2 Å². The van der Waals surface area contributed by atoms with Gasteiger partial charge in [-0.15, -0.1) is 0 Å². The third-order valence-corrected chi connectivity index (χ3v) is 2.17. The predicted octanol–water partition coefficient (Wildman–Crippen LogP) is 0.956. The normalized spacial score (nSPS) is 12.1. The third-order valence-electron chi connectivity index (χ3n) is 2.17. The number of rotatable bonds is 6. The summed E-state index contributed by atoms with van der Waals surface area (Å²) in [4.78, 5) is 0. The minimum atomic E-state index is -0.582. The van der Waals surface area contributed by atoms with Gasteiger partial charge in [-0.3, -0.25) is 0 Å². The van der Waals surface area contributed by atoms with Crippen LogP contribution in [0.15, 0.2) is 12.1 Å². The van der Waals surface area contributed by atoms with E-state index in [1.807, 2.05) is 0 Å². The van der Waals surface area contributed by atoms with Gasteiger partial charge < -0.3 is 24.4 Å². The van der Waals surface area contributed by atoms with E-state index in [0.29, 0.717) is 22.8 Å². The molecule has 0 bridgehead atoms. The lowest BCUT2D eigenvalue weighted by atomic mass is 10.2. The number of methoxy groups -OCH3 is 2. The van der Waals surface area contributed by atoms with Crippen molar-refractivity contribution in [1.29, 1.82) is 0 Å². The van der Waals surface area contributed by atoms with E-state index in [9.17, 15) is 5.11 Å². The molecule has 0 saturated carbocycles. The summed E-state index contributed by atoms with van der Waals surface area (Å²) >= 11 is 0. The highest BCUT2D eigenvalue weighted by atomic mass is 16.5. The number of aliphatic hydroxyl groups is 2. The molecule has 0 aliphatic carbocycles. The molecule has 0 fully saturated rings. The molecule has 1 atom stereocenters. The average Bonchev–Trinajstić information content (AvgIpc) is 2.34. The van der Waals surface area contributed by atoms with Crippen molar-refractivity contribution in [3.05, 3.63) is 17.7 Å². The maximum absolute atomic E-state index is 9.20. The molecule has 0 aliphatic heterocycles. The molecule has 0 radical (unpaired) electrons. The molecule has 0 heterocycles. The fourth-order valence-corrected chi connectivity index (χ4v) is 1.37. The van der Waals surface area contributed by atoms with Gasteiger partial charge >= 0.3 is 0 Å². The molecule has 0 aromatic heterocycles. The predicted molar refractivity (Wildman–Crippen MR) is 62.6 cm³/mol. The van der Waals surface area contributed by atoms with Crippen LogP contribution in [0.4, 0.5) is 0 Å². The van der Waals surface area contributed by atoms with E-state index in [0.717, 1.165) is 0 Å². The quantitative estimate of drug-likeness (QED) is 0.777. The Labute approximate surface area is 101 Å². The maximum atomic E-state index is 9.20. The van der Waals surface area contributed by atoms with Crippen molar-refractivity contribution in [1.82, 2.24) is 0 Å². The first-order valence-electron chi connectivity index (χ1n) is 5.29. The summed E-state index contributed by atoms with van der Waals surface area (Å²) in [5.41, 5.74) is 0.670. The molecule has 1 rings (SSSR count). The van der Waals surface area contributed by atoms with Crippen molar-refractivity contribution in [2.45, 2.75) is 19.6 Å². The lowest BCUT2D eigenvalue weighted by molar-refractivity contribution is 0.118. The molecule has 17 heavy (non-hydrogen) atoms. The molecule has 1 aromatic rings. The van der Waals surface area contributed by atoms with Gasteiger partial charge in [-0.05, 0) is 24.6 Å². The number of benzene rings is 1. The number of hydrogen-bond donors (Lipinski definition) is 2. The van der Waals surface area contributed by atoms with E-state index in [1.54, 1.807) is 19.1 Å². The summed E-state index contributed by atoms with van der Waals surface area (Å²) in [5, 5.41) is 18.3. The Hall–Kier alpha value is -1.46. The third kappa shape index (κ3) is 3.51. The Morgan fingerprint density at radius 1 is 1.18 bits per heavy atom. The van der Waals surface area contributed by atoms with Crippen molar-refractivity contribution in [2.24, 2.45) is 0 Å². The number of aliphatic hydroxyl groups excluding tert-OH is 2. The Morgan fingerprint density at radius 3 is 2.06 bits per heavy atom. The van der Waals surface area contributed by atoms with E-state index in [2.05, 4.69) is 0 Å². The smallest absolute Gasteiger partial charge is 0.203 e. The second-order valence-corrected chi connectivity index (χ2v) is 3.65. The summed E-state index contributed by atoms with van der Waals surface area (Å²) in [6, 6.07) is 3.33. The standard InChI is InChI=1S/C12H18O5/c1-8(14)7-17-12-10(15-2)4-9(6-13)5-11(12)16-3/h4-5,8,13-14H,6-7H2,1-3H3. The molecular formula is C12H18O5. The molecule has 2 N–H and O–H groups in total. The Balaban J connectivity index is 3.06. The topological polar surface area (TPSA) is 68.2 Å². The van der Waals surface area contributed by atoms with Crippen molar-refractivity contribution < 1.29 is 24.4 Å². The Morgan fingerprint density at radius 2 is 1.71 bits per heavy atom. The second-order valence-electron chi connectivity index (χ2n) is 3.65. The number of hydrogen-bond acceptors (Lipinski definition) is 5. The Kier molecular flexibility index (Phi) is 5.06. The largest absolute Gasteiger partial charge is 0.493 e. The lowest BCUT2D eigenvalue weighted by Gasteiger charge is -2.16. The van der Waals surface area contributed by atoms with Crippen LogP contribution in [0.1, 0.15) is 12.5 Å². The van der Waals surface area contributed by atoms with Gasteiger partial charge in [-0.1, -0.05) is 0 Å². The first-order valence-corrected chi connectivity index (χ1v) is 5.29. The van der Waals surface area contributed by atoms with Crippen LogP contribution >= 0.6 is 0 Å². The van der Waals surface area contributed by atoms with Crippen LogP contribution in [0, 0.1) is 0 Å². The minimum absolute atomic E-state index is 0.108. The van der Waals surface area contributed by atoms with Gasteiger partial charge in [-0.25, -0.2) is 0 Å². The van der Waals surface area contributed by atoms with Gasteiger partial charge in [0.1, 0.15) is 6.61 Å². The molecular weight excluding hydrogens is 224 g/mol. The molecule has 5 nitrogen and oxygen atoms in total. The van der Waals surface area contributed by atoms with Crippen molar-refractivity contribution >= 4 is 0 Å². The van der Waals surface area contributed by atoms with E-state index >= 15 is 0 Å². The number of ether oxygens (including phenoxy) is 3.